The molecule has 3 aliphatic rings. The average Bonchev–Trinajstić information content (AvgIpc) is 3.44. The topological polar surface area (TPSA) is 99.0 Å². The maximum absolute atomic E-state index is 13.4. The maximum atomic E-state index is 13.4. The molecule has 3 heterocycles. The molecule has 0 bridgehead atoms. The Hall–Kier alpha value is -3.46. The predicted octanol–water partition coefficient (Wildman–Crippen LogP) is 2.24. The summed E-state index contributed by atoms with van der Waals surface area (Å²) in [4.78, 5) is 43.6. The van der Waals surface area contributed by atoms with Gasteiger partial charge in [-0.15, -0.1) is 0 Å². The van der Waals surface area contributed by atoms with Crippen molar-refractivity contribution in [2.24, 2.45) is 5.92 Å². The second kappa shape index (κ2) is 10.7. The summed E-state index contributed by atoms with van der Waals surface area (Å²) in [6, 6.07) is 14.9. The summed E-state index contributed by atoms with van der Waals surface area (Å²) < 4.78 is 0. The number of hydrogen-bond donors (Lipinski definition) is 1. The normalized spacial score (nSPS) is 21.6. The number of hydrogen-bond acceptors (Lipinski definition) is 6. The van der Waals surface area contributed by atoms with Crippen molar-refractivity contribution in [3.8, 4) is 0 Å². The number of nitrogens with zero attached hydrogens (tertiary/aromatic N) is 4. The predicted molar refractivity (Wildman–Crippen MR) is 137 cm³/mol. The highest BCUT2D eigenvalue weighted by atomic mass is 16.6. The summed E-state index contributed by atoms with van der Waals surface area (Å²) in [7, 11) is 0. The zero-order chi connectivity index (χ0) is 25.1. The zero-order valence-corrected chi connectivity index (χ0v) is 20.5. The number of nitrogens with one attached hydrogen (secondary N) is 1. The van der Waals surface area contributed by atoms with Crippen LogP contribution in [0.5, 0.6) is 0 Å². The molecule has 3 aliphatic heterocycles. The fourth-order valence-corrected chi connectivity index (χ4v) is 5.79. The van der Waals surface area contributed by atoms with E-state index < -0.39 is 0 Å². The number of benzene rings is 2. The lowest BCUT2D eigenvalue weighted by molar-refractivity contribution is -0.384. The minimum absolute atomic E-state index is 0.0363. The zero-order valence-electron chi connectivity index (χ0n) is 20.5. The van der Waals surface area contributed by atoms with Crippen molar-refractivity contribution in [1.82, 2.24) is 15.1 Å². The fourth-order valence-electron chi connectivity index (χ4n) is 5.79. The third-order valence-electron chi connectivity index (χ3n) is 7.70. The van der Waals surface area contributed by atoms with Crippen molar-refractivity contribution in [3.63, 3.8) is 0 Å². The van der Waals surface area contributed by atoms with Crippen LogP contribution in [-0.2, 0) is 22.4 Å². The summed E-state index contributed by atoms with van der Waals surface area (Å²) in [5, 5.41) is 14.5. The molecule has 2 aromatic carbocycles. The van der Waals surface area contributed by atoms with E-state index in [1.807, 2.05) is 41.3 Å². The van der Waals surface area contributed by atoms with Crippen molar-refractivity contribution in [2.45, 2.75) is 31.7 Å². The summed E-state index contributed by atoms with van der Waals surface area (Å²) in [6.07, 6.45) is 3.32. The van der Waals surface area contributed by atoms with Crippen molar-refractivity contribution in [2.75, 3.05) is 50.7 Å². The number of amides is 2. The Balaban J connectivity index is 1.32. The van der Waals surface area contributed by atoms with Crippen LogP contribution in [0.15, 0.2) is 48.5 Å². The average molecular weight is 492 g/mol. The summed E-state index contributed by atoms with van der Waals surface area (Å²) in [5.41, 5.74) is 3.01. The quantitative estimate of drug-likeness (QED) is 0.471. The Morgan fingerprint density at radius 3 is 2.56 bits per heavy atom. The van der Waals surface area contributed by atoms with Gasteiger partial charge >= 0.3 is 0 Å². The van der Waals surface area contributed by atoms with E-state index in [9.17, 15) is 19.7 Å². The lowest BCUT2D eigenvalue weighted by Gasteiger charge is -2.49. The second-order valence-corrected chi connectivity index (χ2v) is 9.99. The molecule has 1 N–H and O–H groups in total. The van der Waals surface area contributed by atoms with Crippen LogP contribution in [0.25, 0.3) is 0 Å². The van der Waals surface area contributed by atoms with Crippen LogP contribution in [-0.4, -0.2) is 78.4 Å². The van der Waals surface area contributed by atoms with Crippen LogP contribution in [0.2, 0.25) is 0 Å². The molecule has 9 heteroatoms. The van der Waals surface area contributed by atoms with E-state index in [0.29, 0.717) is 32.6 Å². The van der Waals surface area contributed by atoms with E-state index in [0.717, 1.165) is 55.7 Å². The molecule has 190 valence electrons. The Bertz CT molecular complexity index is 1120. The number of piperazine rings is 1. The first-order valence-corrected chi connectivity index (χ1v) is 12.9. The molecule has 0 aromatic heterocycles. The van der Waals surface area contributed by atoms with Crippen LogP contribution in [0.3, 0.4) is 0 Å². The minimum Gasteiger partial charge on any atom is -0.365 e. The van der Waals surface area contributed by atoms with E-state index in [4.69, 9.17) is 0 Å². The van der Waals surface area contributed by atoms with Gasteiger partial charge in [-0.05, 0) is 42.9 Å². The lowest BCUT2D eigenvalue weighted by Crippen LogP contribution is -2.62. The molecule has 2 saturated heterocycles. The molecular weight excluding hydrogens is 458 g/mol. The van der Waals surface area contributed by atoms with Crippen molar-refractivity contribution >= 4 is 23.2 Å². The Kier molecular flexibility index (Phi) is 7.18. The number of carbonyl (C=O) groups excluding carboxylic acids is 2. The van der Waals surface area contributed by atoms with Gasteiger partial charge in [0.1, 0.15) is 0 Å². The smallest absolute Gasteiger partial charge is 0.269 e. The highest BCUT2D eigenvalue weighted by Crippen LogP contribution is 2.38. The largest absolute Gasteiger partial charge is 0.365 e. The third kappa shape index (κ3) is 5.21. The van der Waals surface area contributed by atoms with E-state index in [2.05, 4.69) is 15.1 Å². The number of rotatable bonds is 7. The molecular formula is C27H33N5O4. The molecule has 2 aromatic rings. The van der Waals surface area contributed by atoms with Crippen LogP contribution in [0.1, 0.15) is 24.0 Å². The Morgan fingerprint density at radius 2 is 1.81 bits per heavy atom. The molecule has 2 amide bonds. The molecule has 0 spiro atoms. The van der Waals surface area contributed by atoms with Crippen LogP contribution in [0, 0.1) is 16.0 Å². The highest BCUT2D eigenvalue weighted by Gasteiger charge is 2.42. The van der Waals surface area contributed by atoms with Crippen molar-refractivity contribution < 1.29 is 14.5 Å². The van der Waals surface area contributed by atoms with Gasteiger partial charge in [0.15, 0.2) is 0 Å². The summed E-state index contributed by atoms with van der Waals surface area (Å²) in [5.74, 6) is -0.220. The number of fused-ring (bicyclic) bond motifs is 3. The molecule has 0 unspecified atom stereocenters. The van der Waals surface area contributed by atoms with Gasteiger partial charge in [0.2, 0.25) is 11.8 Å². The number of likely N-dealkylation sites (tertiary alicyclic amines) is 1. The third-order valence-corrected chi connectivity index (χ3v) is 7.70. The first-order valence-electron chi connectivity index (χ1n) is 12.9. The first kappa shape index (κ1) is 24.2. The fraction of sp³-hybridized carbons (Fsp3) is 0.481. The van der Waals surface area contributed by atoms with E-state index in [-0.39, 0.29) is 34.4 Å². The molecule has 2 fully saturated rings. The lowest BCUT2D eigenvalue weighted by atomic mass is 9.83. The van der Waals surface area contributed by atoms with Crippen LogP contribution in [0.4, 0.5) is 11.4 Å². The van der Waals surface area contributed by atoms with E-state index in [1.54, 1.807) is 12.1 Å². The molecule has 36 heavy (non-hydrogen) atoms. The van der Waals surface area contributed by atoms with E-state index >= 15 is 0 Å². The summed E-state index contributed by atoms with van der Waals surface area (Å²) >= 11 is 0. The second-order valence-electron chi connectivity index (χ2n) is 9.99. The van der Waals surface area contributed by atoms with Gasteiger partial charge in [0.25, 0.3) is 5.69 Å². The molecule has 5 rings (SSSR count). The molecule has 2 atom stereocenters. The first-order chi connectivity index (χ1) is 17.5. The number of carbonyl (C=O) groups is 2. The monoisotopic (exact) mass is 491 g/mol. The van der Waals surface area contributed by atoms with Crippen molar-refractivity contribution in [1.29, 1.82) is 0 Å². The number of anilines is 1. The van der Waals surface area contributed by atoms with Gasteiger partial charge in [0.05, 0.1) is 23.4 Å². The molecule has 9 nitrogen and oxygen atoms in total. The number of non-ortho nitro benzene ring substituents is 1. The van der Waals surface area contributed by atoms with Gasteiger partial charge in [-0.3, -0.25) is 24.6 Å². The maximum Gasteiger partial charge on any atom is 0.269 e. The van der Waals surface area contributed by atoms with E-state index in [1.165, 1.54) is 0 Å². The Morgan fingerprint density at radius 1 is 1.03 bits per heavy atom. The number of nitro benzene ring substituents is 1. The van der Waals surface area contributed by atoms with Crippen molar-refractivity contribution in [3.05, 3.63) is 69.8 Å². The van der Waals surface area contributed by atoms with Crippen LogP contribution < -0.4 is 10.2 Å². The highest BCUT2D eigenvalue weighted by molar-refractivity contribution is 5.82. The SMILES string of the molecule is O=C(NCCc1ccccc1)[C@@H]1Cc2cc([N+](=O)[O-])ccc2N2CCN(CC(=O)N3CCCC3)C[C@H]12. The van der Waals surface area contributed by atoms with Crippen LogP contribution >= 0.6 is 0 Å². The standard InChI is InChI=1S/C27H33N5O4/c33-26(30-12-4-5-13-30)19-29-14-15-31-24-9-8-22(32(35)36)16-21(24)17-23(25(31)18-29)27(34)28-11-10-20-6-2-1-3-7-20/h1-3,6-9,16,23,25H,4-5,10-15,17-19H2,(H,28,34)/t23-,25-/m1/s1. The number of nitro groups is 1. The van der Waals surface area contributed by atoms with Gasteiger partial charge in [-0.1, -0.05) is 30.3 Å². The van der Waals surface area contributed by atoms with Gasteiger partial charge in [-0.2, -0.15) is 0 Å². The van der Waals surface area contributed by atoms with Gasteiger partial charge in [-0.25, -0.2) is 0 Å². The molecule has 0 aliphatic carbocycles. The van der Waals surface area contributed by atoms with Gasteiger partial charge < -0.3 is 15.1 Å². The molecule has 0 saturated carbocycles. The molecule has 0 radical (unpaired) electrons. The summed E-state index contributed by atoms with van der Waals surface area (Å²) in [6.45, 7) is 4.59. The minimum atomic E-state index is -0.386. The van der Waals surface area contributed by atoms with Gasteiger partial charge in [0, 0.05) is 57.1 Å². The Labute approximate surface area is 211 Å².